The van der Waals surface area contributed by atoms with Crippen LogP contribution < -0.4 is 9.47 Å². The highest BCUT2D eigenvalue weighted by molar-refractivity contribution is 5.58. The Hall–Kier alpha value is -3.54. The number of ether oxygens (including phenoxy) is 2. The van der Waals surface area contributed by atoms with Crippen LogP contribution >= 0.6 is 0 Å². The van der Waals surface area contributed by atoms with Crippen molar-refractivity contribution in [2.24, 2.45) is 0 Å². The number of hydrogen-bond acceptors (Lipinski definition) is 6. The van der Waals surface area contributed by atoms with Gasteiger partial charge in [0.1, 0.15) is 45.7 Å². The van der Waals surface area contributed by atoms with Crippen LogP contribution in [0, 0.1) is 0 Å². The maximum absolute atomic E-state index is 11.7. The highest BCUT2D eigenvalue weighted by atomic mass is 16.5. The van der Waals surface area contributed by atoms with Gasteiger partial charge in [0.15, 0.2) is 0 Å². The summed E-state index contributed by atoms with van der Waals surface area (Å²) in [6.07, 6.45) is 1.05. The Kier molecular flexibility index (Phi) is 5.02. The van der Waals surface area contributed by atoms with Crippen LogP contribution in [0.4, 0.5) is 0 Å². The summed E-state index contributed by atoms with van der Waals surface area (Å²) in [5.74, 6) is 1.12. The average molecular weight is 491 g/mol. The molecule has 0 bridgehead atoms. The molecular weight excluding hydrogens is 456 g/mol. The van der Waals surface area contributed by atoms with E-state index in [0.29, 0.717) is 29.9 Å². The third-order valence-corrected chi connectivity index (χ3v) is 7.87. The lowest BCUT2D eigenvalue weighted by Gasteiger charge is -2.46. The van der Waals surface area contributed by atoms with E-state index >= 15 is 0 Å². The van der Waals surface area contributed by atoms with E-state index in [0.717, 1.165) is 11.1 Å². The van der Waals surface area contributed by atoms with E-state index in [1.54, 1.807) is 36.4 Å². The van der Waals surface area contributed by atoms with E-state index in [-0.39, 0.29) is 39.4 Å². The highest BCUT2D eigenvalue weighted by Crippen LogP contribution is 2.56. The predicted octanol–water partition coefficient (Wildman–Crippen LogP) is 6.46. The second-order valence-corrected chi connectivity index (χ2v) is 12.0. The van der Waals surface area contributed by atoms with Gasteiger partial charge >= 0.3 is 0 Å². The van der Waals surface area contributed by atoms with Crippen LogP contribution in [0.3, 0.4) is 0 Å². The summed E-state index contributed by atoms with van der Waals surface area (Å²) in [6.45, 7) is 12.2. The Morgan fingerprint density at radius 3 is 1.56 bits per heavy atom. The molecule has 0 spiro atoms. The van der Waals surface area contributed by atoms with Crippen LogP contribution in [0.2, 0.25) is 0 Å². The Labute approximate surface area is 211 Å². The summed E-state index contributed by atoms with van der Waals surface area (Å²) in [6, 6.07) is 13.5. The summed E-state index contributed by atoms with van der Waals surface area (Å²) >= 11 is 0. The number of benzene rings is 3. The first-order valence-corrected chi connectivity index (χ1v) is 12.3. The van der Waals surface area contributed by atoms with Gasteiger partial charge in [-0.05, 0) is 48.9 Å². The van der Waals surface area contributed by atoms with E-state index in [1.165, 1.54) is 0 Å². The predicted molar refractivity (Wildman–Crippen MR) is 137 cm³/mol. The Balaban J connectivity index is 1.65. The van der Waals surface area contributed by atoms with Crippen molar-refractivity contribution >= 4 is 0 Å². The van der Waals surface area contributed by atoms with Crippen molar-refractivity contribution < 1.29 is 29.9 Å². The number of phenols is 4. The van der Waals surface area contributed by atoms with Crippen molar-refractivity contribution in [2.45, 2.75) is 76.4 Å². The Morgan fingerprint density at radius 1 is 0.583 bits per heavy atom. The lowest BCUT2D eigenvalue weighted by molar-refractivity contribution is 0.0212. The van der Waals surface area contributed by atoms with Crippen molar-refractivity contribution in [3.05, 3.63) is 70.8 Å². The average Bonchev–Trinajstić information content (AvgIpc) is 2.71. The van der Waals surface area contributed by atoms with E-state index in [9.17, 15) is 20.4 Å². The largest absolute Gasteiger partial charge is 0.508 e. The maximum Gasteiger partial charge on any atom is 0.139 e. The van der Waals surface area contributed by atoms with Gasteiger partial charge in [-0.25, -0.2) is 0 Å². The van der Waals surface area contributed by atoms with E-state index in [4.69, 9.17) is 9.47 Å². The van der Waals surface area contributed by atoms with Gasteiger partial charge in [0.05, 0.1) is 5.56 Å². The molecule has 2 aliphatic rings. The van der Waals surface area contributed by atoms with Crippen molar-refractivity contribution in [2.75, 3.05) is 0 Å². The number of fused-ring (bicyclic) bond motifs is 2. The molecule has 4 N–H and O–H groups in total. The molecule has 2 atom stereocenters. The number of phenolic OH excluding ortho intramolecular Hbond substituents is 4. The van der Waals surface area contributed by atoms with Gasteiger partial charge in [-0.2, -0.15) is 0 Å². The molecule has 5 rings (SSSR count). The minimum Gasteiger partial charge on any atom is -0.508 e. The van der Waals surface area contributed by atoms with Gasteiger partial charge in [0.25, 0.3) is 0 Å². The van der Waals surface area contributed by atoms with Crippen molar-refractivity contribution in [1.82, 2.24) is 0 Å². The monoisotopic (exact) mass is 490 g/mol. The van der Waals surface area contributed by atoms with Gasteiger partial charge in [-0.1, -0.05) is 39.8 Å². The first-order chi connectivity index (χ1) is 16.7. The van der Waals surface area contributed by atoms with Gasteiger partial charge in [-0.3, -0.25) is 0 Å². The molecular formula is C30H34O6. The maximum atomic E-state index is 11.7. The van der Waals surface area contributed by atoms with Crippen molar-refractivity contribution in [3.8, 4) is 34.5 Å². The lowest BCUT2D eigenvalue weighted by atomic mass is 9.68. The molecule has 2 aliphatic heterocycles. The fourth-order valence-electron chi connectivity index (χ4n) is 6.56. The molecule has 0 radical (unpaired) electrons. The molecule has 36 heavy (non-hydrogen) atoms. The molecule has 0 aliphatic carbocycles. The first-order valence-electron chi connectivity index (χ1n) is 12.3. The molecule has 0 aromatic heterocycles. The van der Waals surface area contributed by atoms with Crippen LogP contribution in [-0.4, -0.2) is 20.4 Å². The normalized spacial score (nSPS) is 25.7. The zero-order chi connectivity index (χ0) is 26.3. The van der Waals surface area contributed by atoms with Gasteiger partial charge in [0, 0.05) is 41.7 Å². The topological polar surface area (TPSA) is 99.4 Å². The fourth-order valence-corrected chi connectivity index (χ4v) is 6.56. The zero-order valence-electron chi connectivity index (χ0n) is 21.6. The van der Waals surface area contributed by atoms with Crippen molar-refractivity contribution in [3.63, 3.8) is 0 Å². The standard InChI is InChI=1S/C30H34O6/c1-27(2)15-29(5,35-23-13-17(31)7-9-19(23)27)21-11-12-22(33)25(26(21)34)30(6)16-28(3,4)20-10-8-18(32)14-24(20)36-30/h7-14,31-34H,15-16H2,1-6H3. The van der Waals surface area contributed by atoms with E-state index < -0.39 is 11.2 Å². The van der Waals surface area contributed by atoms with Gasteiger partial charge in [-0.15, -0.1) is 0 Å². The van der Waals surface area contributed by atoms with Crippen LogP contribution in [0.5, 0.6) is 34.5 Å². The minimum absolute atomic E-state index is 0.0742. The minimum atomic E-state index is -1.08. The second-order valence-electron chi connectivity index (χ2n) is 12.0. The van der Waals surface area contributed by atoms with Gasteiger partial charge < -0.3 is 29.9 Å². The Bertz CT molecular complexity index is 1370. The second kappa shape index (κ2) is 7.48. The zero-order valence-corrected chi connectivity index (χ0v) is 21.6. The highest BCUT2D eigenvalue weighted by Gasteiger charge is 2.49. The van der Waals surface area contributed by atoms with Crippen LogP contribution in [0.1, 0.15) is 76.6 Å². The summed E-state index contributed by atoms with van der Waals surface area (Å²) in [5.41, 5.74) is 0.0798. The lowest BCUT2D eigenvalue weighted by Crippen LogP contribution is -2.43. The molecule has 0 fully saturated rings. The molecule has 0 amide bonds. The summed E-state index contributed by atoms with van der Waals surface area (Å²) in [5, 5.41) is 42.9. The third kappa shape index (κ3) is 3.62. The molecule has 0 saturated carbocycles. The SMILES string of the molecule is CC1(C)CC(C)(c2ccc(O)c(C3(C)CC(C)(C)c4ccc(O)cc4O3)c2O)Oc2cc(O)ccc21. The molecule has 2 unspecified atom stereocenters. The Morgan fingerprint density at radius 2 is 1.03 bits per heavy atom. The fraction of sp³-hybridized carbons (Fsp3) is 0.400. The molecule has 6 heteroatoms. The van der Waals surface area contributed by atoms with Crippen molar-refractivity contribution in [1.29, 1.82) is 0 Å². The molecule has 2 heterocycles. The summed E-state index contributed by atoms with van der Waals surface area (Å²) in [4.78, 5) is 0. The molecule has 3 aromatic carbocycles. The van der Waals surface area contributed by atoms with E-state index in [2.05, 4.69) is 27.7 Å². The molecule has 0 saturated heterocycles. The van der Waals surface area contributed by atoms with Crippen LogP contribution in [-0.2, 0) is 22.0 Å². The molecule has 3 aromatic rings. The van der Waals surface area contributed by atoms with Crippen LogP contribution in [0.25, 0.3) is 0 Å². The first kappa shape index (κ1) is 24.2. The smallest absolute Gasteiger partial charge is 0.139 e. The summed E-state index contributed by atoms with van der Waals surface area (Å²) < 4.78 is 12.9. The van der Waals surface area contributed by atoms with Crippen LogP contribution in [0.15, 0.2) is 48.5 Å². The number of hydrogen-bond donors (Lipinski definition) is 4. The quantitative estimate of drug-likeness (QED) is 0.329. The number of rotatable bonds is 2. The number of aromatic hydroxyl groups is 4. The molecule has 190 valence electrons. The third-order valence-electron chi connectivity index (χ3n) is 7.87. The molecule has 6 nitrogen and oxygen atoms in total. The van der Waals surface area contributed by atoms with Gasteiger partial charge in [0.2, 0.25) is 0 Å². The summed E-state index contributed by atoms with van der Waals surface area (Å²) in [7, 11) is 0. The van der Waals surface area contributed by atoms with E-state index in [1.807, 2.05) is 26.0 Å².